The van der Waals surface area contributed by atoms with Gasteiger partial charge in [-0.3, -0.25) is 4.79 Å². The quantitative estimate of drug-likeness (QED) is 0.350. The maximum atomic E-state index is 13.0. The summed E-state index contributed by atoms with van der Waals surface area (Å²) < 4.78 is 50.9. The lowest BCUT2D eigenvalue weighted by atomic mass is 10.0. The van der Waals surface area contributed by atoms with E-state index in [0.717, 1.165) is 17.7 Å². The summed E-state index contributed by atoms with van der Waals surface area (Å²) in [6.07, 6.45) is -2.92. The van der Waals surface area contributed by atoms with E-state index < -0.39 is 17.6 Å². The molecule has 0 aromatic heterocycles. The smallest absolute Gasteiger partial charge is 0.416 e. The average Bonchev–Trinajstić information content (AvgIpc) is 3.08. The predicted molar refractivity (Wildman–Crippen MR) is 124 cm³/mol. The Bertz CT molecular complexity index is 1270. The molecular weight excluding hydrogens is 523 g/mol. The topological polar surface area (TPSA) is 47.6 Å². The summed E-state index contributed by atoms with van der Waals surface area (Å²) in [5, 5.41) is 3.07. The van der Waals surface area contributed by atoms with E-state index >= 15 is 0 Å². The third-order valence-corrected chi connectivity index (χ3v) is 6.11. The maximum absolute atomic E-state index is 13.0. The molecule has 0 atom stereocenters. The number of nitrogens with one attached hydrogen (secondary N) is 1. The molecule has 0 aliphatic carbocycles. The van der Waals surface area contributed by atoms with Gasteiger partial charge < -0.3 is 14.8 Å². The molecule has 1 aliphatic rings. The van der Waals surface area contributed by atoms with Crippen molar-refractivity contribution in [2.24, 2.45) is 0 Å². The van der Waals surface area contributed by atoms with Gasteiger partial charge in [-0.25, -0.2) is 0 Å². The molecule has 0 saturated carbocycles. The van der Waals surface area contributed by atoms with Gasteiger partial charge in [0.2, 0.25) is 0 Å². The molecule has 4 nitrogen and oxygen atoms in total. The zero-order valence-corrected chi connectivity index (χ0v) is 19.4. The van der Waals surface area contributed by atoms with Crippen LogP contribution in [0.4, 0.5) is 18.9 Å². The highest BCUT2D eigenvalue weighted by atomic mass is 79.9. The number of alkyl halides is 3. The fourth-order valence-corrected chi connectivity index (χ4v) is 4.00. The number of amides is 1. The van der Waals surface area contributed by atoms with Crippen molar-refractivity contribution in [3.8, 4) is 11.5 Å². The fraction of sp³-hybridized carbons (Fsp3) is 0.125. The molecule has 3 aromatic rings. The molecule has 1 aliphatic heterocycles. The normalized spacial score (nSPS) is 14.2. The fourth-order valence-electron chi connectivity index (χ4n) is 3.37. The standard InChI is InChI=1S/C24H16BrClF3NO3/c1-32-21-9-14(18(25)11-22(21)33-12-13-4-2-3-5-19(13)26)8-17-16-7-6-15(24(27,28)29)10-20(16)30-23(17)31/h2-11H,12H2,1H3,(H,30,31)/b17-8-. The van der Waals surface area contributed by atoms with Crippen molar-refractivity contribution in [3.05, 3.63) is 86.3 Å². The van der Waals surface area contributed by atoms with Crippen LogP contribution in [0.1, 0.15) is 22.3 Å². The molecule has 33 heavy (non-hydrogen) atoms. The van der Waals surface area contributed by atoms with Crippen LogP contribution in [-0.2, 0) is 17.6 Å². The minimum Gasteiger partial charge on any atom is -0.493 e. The van der Waals surface area contributed by atoms with Crippen molar-refractivity contribution in [1.82, 2.24) is 0 Å². The first-order valence-corrected chi connectivity index (χ1v) is 10.8. The number of methoxy groups -OCH3 is 1. The van der Waals surface area contributed by atoms with Crippen molar-refractivity contribution in [2.45, 2.75) is 12.8 Å². The number of halogens is 5. The Balaban J connectivity index is 1.65. The van der Waals surface area contributed by atoms with E-state index in [4.69, 9.17) is 21.1 Å². The van der Waals surface area contributed by atoms with Crippen LogP contribution in [-0.4, -0.2) is 13.0 Å². The SMILES string of the molecule is COc1cc(/C=C2\C(=O)Nc3cc(C(F)(F)F)ccc32)c(Br)cc1OCc1ccccc1Cl. The highest BCUT2D eigenvalue weighted by Crippen LogP contribution is 2.40. The molecule has 0 unspecified atom stereocenters. The zero-order chi connectivity index (χ0) is 23.8. The molecule has 1 heterocycles. The van der Waals surface area contributed by atoms with Crippen LogP contribution in [0.5, 0.6) is 11.5 Å². The van der Waals surface area contributed by atoms with Gasteiger partial charge in [-0.15, -0.1) is 0 Å². The Morgan fingerprint density at radius 3 is 2.55 bits per heavy atom. The Hall–Kier alpha value is -2.97. The first-order chi connectivity index (χ1) is 15.7. The molecule has 1 amide bonds. The molecule has 1 N–H and O–H groups in total. The van der Waals surface area contributed by atoms with E-state index in [1.165, 1.54) is 13.2 Å². The first-order valence-electron chi connectivity index (χ1n) is 9.66. The van der Waals surface area contributed by atoms with E-state index in [0.29, 0.717) is 32.1 Å². The maximum Gasteiger partial charge on any atom is 0.416 e. The number of hydrogen-bond acceptors (Lipinski definition) is 3. The lowest BCUT2D eigenvalue weighted by Crippen LogP contribution is -2.06. The minimum absolute atomic E-state index is 0.115. The summed E-state index contributed by atoms with van der Waals surface area (Å²) in [5.41, 5.74) is 1.31. The van der Waals surface area contributed by atoms with Crippen molar-refractivity contribution in [3.63, 3.8) is 0 Å². The van der Waals surface area contributed by atoms with E-state index in [1.807, 2.05) is 18.2 Å². The second kappa shape index (κ2) is 9.11. The van der Waals surface area contributed by atoms with Gasteiger partial charge in [0, 0.05) is 31.9 Å². The van der Waals surface area contributed by atoms with Gasteiger partial charge in [0.05, 0.1) is 12.7 Å². The van der Waals surface area contributed by atoms with Crippen molar-refractivity contribution >= 4 is 50.8 Å². The summed E-state index contributed by atoms with van der Waals surface area (Å²) in [5.74, 6) is 0.384. The largest absolute Gasteiger partial charge is 0.493 e. The van der Waals surface area contributed by atoms with Gasteiger partial charge in [-0.1, -0.05) is 51.8 Å². The van der Waals surface area contributed by atoms with Crippen LogP contribution in [0.2, 0.25) is 5.02 Å². The highest BCUT2D eigenvalue weighted by Gasteiger charge is 2.33. The molecule has 170 valence electrons. The number of anilines is 1. The van der Waals surface area contributed by atoms with Crippen LogP contribution in [0.25, 0.3) is 11.6 Å². The molecule has 0 fully saturated rings. The van der Waals surface area contributed by atoms with E-state index in [-0.39, 0.29) is 17.9 Å². The summed E-state index contributed by atoms with van der Waals surface area (Å²) in [6.45, 7) is 0.222. The lowest BCUT2D eigenvalue weighted by Gasteiger charge is -2.14. The number of hydrogen-bond donors (Lipinski definition) is 1. The van der Waals surface area contributed by atoms with Gasteiger partial charge in [-0.05, 0) is 42.0 Å². The Morgan fingerprint density at radius 1 is 1.09 bits per heavy atom. The van der Waals surface area contributed by atoms with E-state index in [1.54, 1.807) is 24.3 Å². The lowest BCUT2D eigenvalue weighted by molar-refractivity contribution is -0.137. The number of fused-ring (bicyclic) bond motifs is 1. The number of benzene rings is 3. The van der Waals surface area contributed by atoms with Crippen LogP contribution >= 0.6 is 27.5 Å². The second-order valence-electron chi connectivity index (χ2n) is 7.17. The third kappa shape index (κ3) is 4.86. The van der Waals surface area contributed by atoms with Gasteiger partial charge in [-0.2, -0.15) is 13.2 Å². The van der Waals surface area contributed by atoms with Crippen molar-refractivity contribution in [1.29, 1.82) is 0 Å². The predicted octanol–water partition coefficient (Wildman–Crippen LogP) is 7.20. The molecule has 0 bridgehead atoms. The number of ether oxygens (including phenoxy) is 2. The first kappa shape index (κ1) is 23.2. The molecule has 9 heteroatoms. The van der Waals surface area contributed by atoms with Crippen molar-refractivity contribution in [2.75, 3.05) is 12.4 Å². The van der Waals surface area contributed by atoms with Crippen LogP contribution in [0.3, 0.4) is 0 Å². The van der Waals surface area contributed by atoms with Gasteiger partial charge in [0.15, 0.2) is 11.5 Å². The highest BCUT2D eigenvalue weighted by molar-refractivity contribution is 9.10. The minimum atomic E-state index is -4.50. The molecule has 0 saturated heterocycles. The number of rotatable bonds is 5. The molecule has 0 radical (unpaired) electrons. The molecule has 4 rings (SSSR count). The Labute approximate surface area is 201 Å². The summed E-state index contributed by atoms with van der Waals surface area (Å²) in [4.78, 5) is 12.5. The van der Waals surface area contributed by atoms with Crippen LogP contribution < -0.4 is 14.8 Å². The van der Waals surface area contributed by atoms with Crippen LogP contribution in [0.15, 0.2) is 59.1 Å². The van der Waals surface area contributed by atoms with Gasteiger partial charge >= 0.3 is 6.18 Å². The number of carbonyl (C=O) groups excluding carboxylic acids is 1. The van der Waals surface area contributed by atoms with E-state index in [2.05, 4.69) is 21.2 Å². The van der Waals surface area contributed by atoms with E-state index in [9.17, 15) is 18.0 Å². The molecule has 0 spiro atoms. The second-order valence-corrected chi connectivity index (χ2v) is 8.44. The Kier molecular flexibility index (Phi) is 6.41. The summed E-state index contributed by atoms with van der Waals surface area (Å²) in [6, 6.07) is 13.8. The summed E-state index contributed by atoms with van der Waals surface area (Å²) >= 11 is 9.65. The van der Waals surface area contributed by atoms with Gasteiger partial charge in [0.1, 0.15) is 6.61 Å². The zero-order valence-electron chi connectivity index (χ0n) is 17.1. The molecular formula is C24H16BrClF3NO3. The number of carbonyl (C=O) groups is 1. The average molecular weight is 539 g/mol. The monoisotopic (exact) mass is 537 g/mol. The van der Waals surface area contributed by atoms with Gasteiger partial charge in [0.25, 0.3) is 5.91 Å². The Morgan fingerprint density at radius 2 is 1.85 bits per heavy atom. The van der Waals surface area contributed by atoms with Crippen molar-refractivity contribution < 1.29 is 27.4 Å². The van der Waals surface area contributed by atoms with Crippen LogP contribution in [0, 0.1) is 0 Å². The summed E-state index contributed by atoms with van der Waals surface area (Å²) in [7, 11) is 1.48. The third-order valence-electron chi connectivity index (χ3n) is 5.05. The molecule has 3 aromatic carbocycles.